The smallest absolute Gasteiger partial charge is 0.228 e. The van der Waals surface area contributed by atoms with Gasteiger partial charge in [-0.15, -0.1) is 0 Å². The highest BCUT2D eigenvalue weighted by molar-refractivity contribution is 9.10. The zero-order valence-corrected chi connectivity index (χ0v) is 14.9. The van der Waals surface area contributed by atoms with Crippen molar-refractivity contribution in [2.45, 2.75) is 19.3 Å². The summed E-state index contributed by atoms with van der Waals surface area (Å²) in [6, 6.07) is 7.50. The molecule has 0 aromatic heterocycles. The molecule has 7 heteroatoms. The number of piperidine rings is 1. The number of hydrogen-bond acceptors (Lipinski definition) is 3. The van der Waals surface area contributed by atoms with Crippen LogP contribution in [0.4, 0.5) is 5.69 Å². The lowest BCUT2D eigenvalue weighted by Crippen LogP contribution is -2.44. The zero-order valence-electron chi connectivity index (χ0n) is 13.3. The molecule has 0 bridgehead atoms. The van der Waals surface area contributed by atoms with E-state index in [-0.39, 0.29) is 36.0 Å². The Kier molecular flexibility index (Phi) is 4.89. The lowest BCUT2D eigenvalue weighted by molar-refractivity contribution is -0.138. The summed E-state index contributed by atoms with van der Waals surface area (Å²) in [7, 11) is 0. The van der Waals surface area contributed by atoms with Crippen LogP contribution in [0.25, 0.3) is 0 Å². The number of carbonyl (C=O) groups excluding carboxylic acids is 3. The van der Waals surface area contributed by atoms with Gasteiger partial charge in [-0.3, -0.25) is 14.4 Å². The molecule has 0 spiro atoms. The Labute approximate surface area is 149 Å². The lowest BCUT2D eigenvalue weighted by atomic mass is 9.95. The molecule has 0 unspecified atom stereocenters. The maximum absolute atomic E-state index is 12.7. The Morgan fingerprint density at radius 1 is 1.08 bits per heavy atom. The maximum atomic E-state index is 12.7. The molecule has 2 aliphatic heterocycles. The molecular weight excluding hydrogens is 374 g/mol. The fourth-order valence-electron chi connectivity index (χ4n) is 3.39. The van der Waals surface area contributed by atoms with Gasteiger partial charge in [-0.25, -0.2) is 0 Å². The SMILES string of the molecule is NC(=O)C1CCN(C(=O)[C@H]2CC(=O)N(c3ccc(Br)cc3)C2)CC1. The van der Waals surface area contributed by atoms with E-state index >= 15 is 0 Å². The van der Waals surface area contributed by atoms with Crippen LogP contribution in [0.1, 0.15) is 19.3 Å². The van der Waals surface area contributed by atoms with E-state index in [0.717, 1.165) is 10.2 Å². The van der Waals surface area contributed by atoms with Gasteiger partial charge in [0, 0.05) is 42.1 Å². The molecule has 2 heterocycles. The number of likely N-dealkylation sites (tertiary alicyclic amines) is 1. The van der Waals surface area contributed by atoms with E-state index in [9.17, 15) is 14.4 Å². The molecule has 24 heavy (non-hydrogen) atoms. The Balaban J connectivity index is 1.62. The average molecular weight is 394 g/mol. The van der Waals surface area contributed by atoms with Crippen LogP contribution in [0.2, 0.25) is 0 Å². The molecule has 2 aliphatic rings. The van der Waals surface area contributed by atoms with Gasteiger partial charge >= 0.3 is 0 Å². The molecule has 2 fully saturated rings. The van der Waals surface area contributed by atoms with Crippen LogP contribution in [-0.2, 0) is 14.4 Å². The first-order valence-electron chi connectivity index (χ1n) is 8.09. The standard InChI is InChI=1S/C17H20BrN3O3/c18-13-1-3-14(4-2-13)21-10-12(9-15(21)22)17(24)20-7-5-11(6-8-20)16(19)23/h1-4,11-12H,5-10H2,(H2,19,23)/t12-/m0/s1. The fourth-order valence-corrected chi connectivity index (χ4v) is 3.65. The van der Waals surface area contributed by atoms with Crippen molar-refractivity contribution in [3.8, 4) is 0 Å². The van der Waals surface area contributed by atoms with Crippen LogP contribution in [0.15, 0.2) is 28.7 Å². The summed E-state index contributed by atoms with van der Waals surface area (Å²) in [5, 5.41) is 0. The van der Waals surface area contributed by atoms with Crippen LogP contribution in [0.5, 0.6) is 0 Å². The summed E-state index contributed by atoms with van der Waals surface area (Å²) >= 11 is 3.37. The van der Waals surface area contributed by atoms with Crippen molar-refractivity contribution in [1.29, 1.82) is 0 Å². The van der Waals surface area contributed by atoms with Crippen LogP contribution in [0, 0.1) is 11.8 Å². The first-order chi connectivity index (χ1) is 11.5. The van der Waals surface area contributed by atoms with Crippen molar-refractivity contribution >= 4 is 39.3 Å². The van der Waals surface area contributed by atoms with Crippen LogP contribution >= 0.6 is 15.9 Å². The number of hydrogen-bond donors (Lipinski definition) is 1. The van der Waals surface area contributed by atoms with E-state index < -0.39 is 0 Å². The third-order valence-corrected chi connectivity index (χ3v) is 5.35. The third kappa shape index (κ3) is 3.45. The molecule has 6 nitrogen and oxygen atoms in total. The monoisotopic (exact) mass is 393 g/mol. The Bertz CT molecular complexity index is 654. The number of nitrogens with two attached hydrogens (primary N) is 1. The highest BCUT2D eigenvalue weighted by atomic mass is 79.9. The third-order valence-electron chi connectivity index (χ3n) is 4.82. The highest BCUT2D eigenvalue weighted by Gasteiger charge is 2.38. The Hall–Kier alpha value is -1.89. The van der Waals surface area contributed by atoms with Crippen molar-refractivity contribution in [2.75, 3.05) is 24.5 Å². The molecule has 0 aliphatic carbocycles. The topological polar surface area (TPSA) is 83.7 Å². The largest absolute Gasteiger partial charge is 0.369 e. The summed E-state index contributed by atoms with van der Waals surface area (Å²) < 4.78 is 0.947. The van der Waals surface area contributed by atoms with Crippen molar-refractivity contribution in [2.24, 2.45) is 17.6 Å². The molecule has 3 amide bonds. The van der Waals surface area contributed by atoms with Crippen molar-refractivity contribution in [3.63, 3.8) is 0 Å². The van der Waals surface area contributed by atoms with E-state index in [4.69, 9.17) is 5.73 Å². The van der Waals surface area contributed by atoms with Gasteiger partial charge in [-0.2, -0.15) is 0 Å². The average Bonchev–Trinajstić information content (AvgIpc) is 2.97. The first kappa shape index (κ1) is 17.0. The van der Waals surface area contributed by atoms with Gasteiger partial charge in [0.15, 0.2) is 0 Å². The summed E-state index contributed by atoms with van der Waals surface area (Å²) in [4.78, 5) is 39.6. The number of halogens is 1. The van der Waals surface area contributed by atoms with E-state index in [0.29, 0.717) is 32.5 Å². The minimum Gasteiger partial charge on any atom is -0.369 e. The van der Waals surface area contributed by atoms with Crippen LogP contribution in [-0.4, -0.2) is 42.3 Å². The summed E-state index contributed by atoms with van der Waals surface area (Å²) in [6.07, 6.45) is 1.46. The first-order valence-corrected chi connectivity index (χ1v) is 8.89. The summed E-state index contributed by atoms with van der Waals surface area (Å²) in [6.45, 7) is 1.49. The second kappa shape index (κ2) is 6.93. The van der Waals surface area contributed by atoms with E-state index in [1.54, 1.807) is 9.80 Å². The second-order valence-corrected chi connectivity index (χ2v) is 7.30. The summed E-state index contributed by atoms with van der Waals surface area (Å²) in [5.74, 6) is -0.766. The van der Waals surface area contributed by atoms with Crippen LogP contribution in [0.3, 0.4) is 0 Å². The number of anilines is 1. The minimum absolute atomic E-state index is 0.00545. The Morgan fingerprint density at radius 3 is 2.29 bits per heavy atom. The molecule has 2 saturated heterocycles. The van der Waals surface area contributed by atoms with Gasteiger partial charge in [0.1, 0.15) is 0 Å². The van der Waals surface area contributed by atoms with Gasteiger partial charge in [0.05, 0.1) is 5.92 Å². The molecule has 1 atom stereocenters. The molecule has 2 N–H and O–H groups in total. The van der Waals surface area contributed by atoms with Crippen molar-refractivity contribution in [3.05, 3.63) is 28.7 Å². The molecule has 1 aromatic carbocycles. The lowest BCUT2D eigenvalue weighted by Gasteiger charge is -2.32. The maximum Gasteiger partial charge on any atom is 0.228 e. The van der Waals surface area contributed by atoms with E-state index in [1.165, 1.54) is 0 Å². The van der Waals surface area contributed by atoms with Gasteiger partial charge < -0.3 is 15.5 Å². The quantitative estimate of drug-likeness (QED) is 0.844. The minimum atomic E-state index is -0.314. The molecule has 1 aromatic rings. The molecular formula is C17H20BrN3O3. The number of primary amides is 1. The second-order valence-electron chi connectivity index (χ2n) is 6.38. The molecule has 128 valence electrons. The Morgan fingerprint density at radius 2 is 1.71 bits per heavy atom. The highest BCUT2D eigenvalue weighted by Crippen LogP contribution is 2.28. The molecule has 0 saturated carbocycles. The van der Waals surface area contributed by atoms with Gasteiger partial charge in [0.25, 0.3) is 0 Å². The fraction of sp³-hybridized carbons (Fsp3) is 0.471. The van der Waals surface area contributed by atoms with Gasteiger partial charge in [-0.05, 0) is 37.1 Å². The van der Waals surface area contributed by atoms with Crippen molar-refractivity contribution < 1.29 is 14.4 Å². The predicted molar refractivity (Wildman–Crippen MR) is 93.1 cm³/mol. The summed E-state index contributed by atoms with van der Waals surface area (Å²) in [5.41, 5.74) is 6.14. The number of nitrogens with zero attached hydrogens (tertiary/aromatic N) is 2. The van der Waals surface area contributed by atoms with E-state index in [2.05, 4.69) is 15.9 Å². The molecule has 0 radical (unpaired) electrons. The molecule has 3 rings (SSSR count). The van der Waals surface area contributed by atoms with Gasteiger partial charge in [-0.1, -0.05) is 15.9 Å². The van der Waals surface area contributed by atoms with Crippen LogP contribution < -0.4 is 10.6 Å². The zero-order chi connectivity index (χ0) is 17.3. The number of rotatable bonds is 3. The number of amides is 3. The normalized spacial score (nSPS) is 22.0. The van der Waals surface area contributed by atoms with E-state index in [1.807, 2.05) is 24.3 Å². The number of carbonyl (C=O) groups is 3. The van der Waals surface area contributed by atoms with Gasteiger partial charge in [0.2, 0.25) is 17.7 Å². The predicted octanol–water partition coefficient (Wildman–Crippen LogP) is 1.53. The number of benzene rings is 1. The van der Waals surface area contributed by atoms with Crippen molar-refractivity contribution in [1.82, 2.24) is 4.90 Å².